The Balaban J connectivity index is 1.23. The summed E-state index contributed by atoms with van der Waals surface area (Å²) < 4.78 is 47.5. The van der Waals surface area contributed by atoms with Gasteiger partial charge in [-0.2, -0.15) is 0 Å². The van der Waals surface area contributed by atoms with Crippen molar-refractivity contribution in [1.29, 1.82) is 0 Å². The molecular weight excluding hydrogens is 612 g/mol. The van der Waals surface area contributed by atoms with Crippen LogP contribution in [0.3, 0.4) is 0 Å². The second-order valence-corrected chi connectivity index (χ2v) is 14.3. The smallest absolute Gasteiger partial charge is 0.240 e. The number of aliphatic hydroxyl groups is 1. The molecule has 0 amide bonds. The van der Waals surface area contributed by atoms with E-state index in [4.69, 9.17) is 14.2 Å². The fourth-order valence-corrected chi connectivity index (χ4v) is 7.74. The van der Waals surface area contributed by atoms with Crippen molar-refractivity contribution in [2.24, 2.45) is 5.92 Å². The molecule has 6 rings (SSSR count). The monoisotopic (exact) mass is 656 g/mol. The lowest BCUT2D eigenvalue weighted by Gasteiger charge is -2.43. The van der Waals surface area contributed by atoms with Crippen molar-refractivity contribution in [2.45, 2.75) is 62.4 Å². The average molecular weight is 657 g/mol. The number of ether oxygens (including phenoxy) is 3. The first kappa shape index (κ1) is 33.5. The number of nitrogens with zero attached hydrogens (tertiary/aromatic N) is 1. The lowest BCUT2D eigenvalue weighted by atomic mass is 9.89. The van der Waals surface area contributed by atoms with E-state index in [1.54, 1.807) is 37.4 Å². The first-order chi connectivity index (χ1) is 22.9. The minimum absolute atomic E-state index is 0.0000545. The summed E-state index contributed by atoms with van der Waals surface area (Å²) >= 11 is 0. The van der Waals surface area contributed by atoms with Crippen molar-refractivity contribution in [2.75, 3.05) is 26.8 Å². The summed E-state index contributed by atoms with van der Waals surface area (Å²) in [4.78, 5) is 2.73. The van der Waals surface area contributed by atoms with E-state index in [0.29, 0.717) is 12.6 Å². The molecule has 2 aliphatic heterocycles. The number of aliphatic hydroxyl groups excluding tert-OH is 1. The number of likely N-dealkylation sites (tertiary alicyclic amines) is 1. The first-order valence-corrected chi connectivity index (χ1v) is 17.8. The Morgan fingerprint density at radius 1 is 0.894 bits per heavy atom. The molecule has 0 bridgehead atoms. The normalized spacial score (nSPS) is 23.6. The molecule has 0 spiro atoms. The van der Waals surface area contributed by atoms with Gasteiger partial charge in [-0.3, -0.25) is 4.90 Å². The largest absolute Gasteiger partial charge is 0.392 e. The number of methoxy groups -OCH3 is 1. The zero-order chi connectivity index (χ0) is 32.8. The van der Waals surface area contributed by atoms with Crippen LogP contribution in [0.4, 0.5) is 0 Å². The van der Waals surface area contributed by atoms with Crippen molar-refractivity contribution in [3.05, 3.63) is 125 Å². The van der Waals surface area contributed by atoms with Gasteiger partial charge in [-0.15, -0.1) is 0 Å². The van der Waals surface area contributed by atoms with Crippen LogP contribution in [0.25, 0.3) is 11.1 Å². The second-order valence-electron chi connectivity index (χ2n) is 12.5. The molecule has 2 heterocycles. The van der Waals surface area contributed by atoms with Crippen LogP contribution >= 0.6 is 0 Å². The molecule has 2 N–H and O–H groups in total. The van der Waals surface area contributed by atoms with E-state index in [2.05, 4.69) is 16.5 Å². The van der Waals surface area contributed by atoms with Crippen LogP contribution in [0.5, 0.6) is 0 Å². The highest BCUT2D eigenvalue weighted by Gasteiger charge is 2.40. The van der Waals surface area contributed by atoms with Gasteiger partial charge in [0.2, 0.25) is 10.0 Å². The van der Waals surface area contributed by atoms with Gasteiger partial charge >= 0.3 is 0 Å². The van der Waals surface area contributed by atoms with Gasteiger partial charge in [-0.25, -0.2) is 13.1 Å². The van der Waals surface area contributed by atoms with Crippen LogP contribution in [-0.2, 0) is 37.4 Å². The fraction of sp³-hybridized carbons (Fsp3) is 0.368. The SMILES string of the molecule is COCC1CCCN1CC1OC(c2ccc(-c3ccccc3CNS(=O)(=O)c3ccccc3)cc2)OC(c2ccc(CO)cc2)C1C. The molecule has 47 heavy (non-hydrogen) atoms. The third kappa shape index (κ3) is 7.84. The molecule has 5 unspecified atom stereocenters. The lowest BCUT2D eigenvalue weighted by Crippen LogP contribution is -2.46. The number of nitrogens with one attached hydrogen (secondary N) is 1. The number of hydrogen-bond acceptors (Lipinski definition) is 7. The van der Waals surface area contributed by atoms with E-state index in [9.17, 15) is 13.5 Å². The van der Waals surface area contributed by atoms with Gasteiger partial charge in [0, 0.05) is 37.7 Å². The zero-order valence-corrected chi connectivity index (χ0v) is 27.8. The maximum Gasteiger partial charge on any atom is 0.240 e. The Morgan fingerprint density at radius 3 is 2.32 bits per heavy atom. The topological polar surface area (TPSA) is 97.3 Å². The summed E-state index contributed by atoms with van der Waals surface area (Å²) in [7, 11) is -1.88. The summed E-state index contributed by atoms with van der Waals surface area (Å²) in [5, 5.41) is 9.59. The Hall–Kier alpha value is -3.41. The summed E-state index contributed by atoms with van der Waals surface area (Å²) in [6.45, 7) is 4.89. The molecule has 2 fully saturated rings. The fourth-order valence-electron chi connectivity index (χ4n) is 6.71. The minimum Gasteiger partial charge on any atom is -0.392 e. The molecule has 2 saturated heterocycles. The van der Waals surface area contributed by atoms with Crippen LogP contribution < -0.4 is 4.72 Å². The molecule has 9 heteroatoms. The van der Waals surface area contributed by atoms with Crippen LogP contribution in [0.15, 0.2) is 108 Å². The number of benzene rings is 4. The molecule has 0 aromatic heterocycles. The highest BCUT2D eigenvalue weighted by atomic mass is 32.2. The molecule has 0 aliphatic carbocycles. The molecule has 0 radical (unpaired) electrons. The van der Waals surface area contributed by atoms with Crippen LogP contribution in [0.2, 0.25) is 0 Å². The van der Waals surface area contributed by atoms with Crippen LogP contribution in [0, 0.1) is 5.92 Å². The third-order valence-corrected chi connectivity index (χ3v) is 10.8. The van der Waals surface area contributed by atoms with Crippen LogP contribution in [-0.4, -0.2) is 57.4 Å². The van der Waals surface area contributed by atoms with Crippen molar-refractivity contribution >= 4 is 10.0 Å². The third-order valence-electron chi connectivity index (χ3n) is 9.41. The average Bonchev–Trinajstić information content (AvgIpc) is 3.55. The minimum atomic E-state index is -3.64. The van der Waals surface area contributed by atoms with Gasteiger partial charge in [-0.1, -0.05) is 97.9 Å². The Bertz CT molecular complexity index is 1700. The Morgan fingerprint density at radius 2 is 1.60 bits per heavy atom. The van der Waals surface area contributed by atoms with Gasteiger partial charge in [0.1, 0.15) is 0 Å². The highest BCUT2D eigenvalue weighted by Crippen LogP contribution is 2.42. The lowest BCUT2D eigenvalue weighted by molar-refractivity contribution is -0.276. The van der Waals surface area contributed by atoms with Gasteiger partial charge in [-0.05, 0) is 59.3 Å². The van der Waals surface area contributed by atoms with E-state index < -0.39 is 16.3 Å². The summed E-state index contributed by atoms with van der Waals surface area (Å²) in [5.41, 5.74) is 5.64. The maximum absolute atomic E-state index is 12.9. The molecule has 0 saturated carbocycles. The molecule has 248 valence electrons. The predicted octanol–water partition coefficient (Wildman–Crippen LogP) is 6.23. The maximum atomic E-state index is 12.9. The Kier molecular flexibility index (Phi) is 10.8. The van der Waals surface area contributed by atoms with Crippen molar-refractivity contribution in [1.82, 2.24) is 9.62 Å². The van der Waals surface area contributed by atoms with Gasteiger partial charge in [0.25, 0.3) is 0 Å². The predicted molar refractivity (Wildman–Crippen MR) is 182 cm³/mol. The molecule has 4 aromatic carbocycles. The molecule has 4 aromatic rings. The molecular formula is C38H44N2O6S. The number of hydrogen-bond donors (Lipinski definition) is 2. The van der Waals surface area contributed by atoms with Crippen molar-refractivity contribution < 1.29 is 27.7 Å². The summed E-state index contributed by atoms with van der Waals surface area (Å²) in [6, 6.07) is 32.8. The highest BCUT2D eigenvalue weighted by molar-refractivity contribution is 7.89. The van der Waals surface area contributed by atoms with Crippen molar-refractivity contribution in [3.63, 3.8) is 0 Å². The van der Waals surface area contributed by atoms with E-state index in [1.807, 2.05) is 72.8 Å². The first-order valence-electron chi connectivity index (χ1n) is 16.3. The summed E-state index contributed by atoms with van der Waals surface area (Å²) in [5.74, 6) is 0.0980. The molecule has 5 atom stereocenters. The number of sulfonamides is 1. The van der Waals surface area contributed by atoms with Crippen LogP contribution in [0.1, 0.15) is 54.4 Å². The van der Waals surface area contributed by atoms with Gasteiger partial charge in [0.15, 0.2) is 6.29 Å². The van der Waals surface area contributed by atoms with E-state index in [1.165, 1.54) is 0 Å². The standard InChI is InChI=1S/C38H44N2O6S/c1-27-36(24-40-22-8-10-33(40)26-44-2)45-38(46-37(27)30-16-14-28(25-41)15-17-30)31-20-18-29(19-21-31)35-13-7-6-9-32(35)23-39-47(42,43)34-11-4-3-5-12-34/h3-7,9,11-21,27,33,36-39,41H,8,10,22-26H2,1-2H3. The Labute approximate surface area is 278 Å². The van der Waals surface area contributed by atoms with E-state index in [0.717, 1.165) is 59.3 Å². The quantitative estimate of drug-likeness (QED) is 0.187. The van der Waals surface area contributed by atoms with E-state index >= 15 is 0 Å². The van der Waals surface area contributed by atoms with Crippen molar-refractivity contribution in [3.8, 4) is 11.1 Å². The van der Waals surface area contributed by atoms with Gasteiger partial charge < -0.3 is 19.3 Å². The van der Waals surface area contributed by atoms with Gasteiger partial charge in [0.05, 0.1) is 30.3 Å². The molecule has 8 nitrogen and oxygen atoms in total. The van der Waals surface area contributed by atoms with E-state index in [-0.39, 0.29) is 36.2 Å². The second kappa shape index (κ2) is 15.2. The number of rotatable bonds is 12. The molecule has 2 aliphatic rings. The summed E-state index contributed by atoms with van der Waals surface area (Å²) in [6.07, 6.45) is 1.46. The zero-order valence-electron chi connectivity index (χ0n) is 27.0.